The lowest BCUT2D eigenvalue weighted by Crippen LogP contribution is -2.60. The third-order valence-electron chi connectivity index (χ3n) is 5.01. The number of hydrogen-bond donors (Lipinski definition) is 4. The van der Waals surface area contributed by atoms with Crippen LogP contribution in [-0.2, 0) is 5.66 Å². The summed E-state index contributed by atoms with van der Waals surface area (Å²) in [5, 5.41) is 5.50. The van der Waals surface area contributed by atoms with Crippen LogP contribution in [0.15, 0.2) is 78.2 Å². The van der Waals surface area contributed by atoms with Gasteiger partial charge in [0.25, 0.3) is 0 Å². The summed E-state index contributed by atoms with van der Waals surface area (Å²) < 4.78 is 0. The predicted molar refractivity (Wildman–Crippen MR) is 109 cm³/mol. The normalized spacial score (nSPS) is 19.6. The Morgan fingerprint density at radius 3 is 2.85 bits per heavy atom. The number of benzene rings is 2. The van der Waals surface area contributed by atoms with Crippen LogP contribution < -0.4 is 16.8 Å². The third-order valence-corrected chi connectivity index (χ3v) is 5.01. The molecular formula is C21H18N6. The van der Waals surface area contributed by atoms with Gasteiger partial charge in [-0.1, -0.05) is 24.3 Å². The molecule has 0 fully saturated rings. The number of aromatic amines is 1. The highest BCUT2D eigenvalue weighted by molar-refractivity contribution is 5.98. The van der Waals surface area contributed by atoms with Gasteiger partial charge in [-0.2, -0.15) is 0 Å². The summed E-state index contributed by atoms with van der Waals surface area (Å²) in [5.41, 5.74) is 16.4. The van der Waals surface area contributed by atoms with Gasteiger partial charge in [0.15, 0.2) is 5.66 Å². The van der Waals surface area contributed by atoms with E-state index in [1.54, 1.807) is 12.4 Å². The molecule has 6 heteroatoms. The number of rotatable bonds is 2. The van der Waals surface area contributed by atoms with Gasteiger partial charge in [0.2, 0.25) is 0 Å². The van der Waals surface area contributed by atoms with Crippen molar-refractivity contribution in [3.05, 3.63) is 84.3 Å². The molecule has 0 spiro atoms. The highest BCUT2D eigenvalue weighted by atomic mass is 15.2. The molecule has 0 aliphatic carbocycles. The van der Waals surface area contributed by atoms with Gasteiger partial charge in [-0.15, -0.1) is 0 Å². The van der Waals surface area contributed by atoms with Gasteiger partial charge < -0.3 is 16.0 Å². The highest BCUT2D eigenvalue weighted by Crippen LogP contribution is 2.30. The van der Waals surface area contributed by atoms with E-state index in [1.165, 1.54) is 0 Å². The van der Waals surface area contributed by atoms with E-state index in [-0.39, 0.29) is 0 Å². The van der Waals surface area contributed by atoms with Crippen LogP contribution in [0, 0.1) is 0 Å². The maximum atomic E-state index is 6.72. The molecule has 0 amide bonds. The molecule has 0 radical (unpaired) electrons. The van der Waals surface area contributed by atoms with Crippen LogP contribution in [0.4, 0.5) is 0 Å². The lowest BCUT2D eigenvalue weighted by molar-refractivity contribution is 0.538. The standard InChI is InChI=1S/C21H18N6/c22-20-21(23,14-6-7-17-13(11-14)8-10-25-17)27-19(12-26-20)16-3-1-5-18-15(16)4-2-9-24-18/h1-12,25,27H,23H2,(H2,22,26). The summed E-state index contributed by atoms with van der Waals surface area (Å²) in [6.07, 6.45) is 5.40. The van der Waals surface area contributed by atoms with E-state index in [0.717, 1.165) is 38.6 Å². The average molecular weight is 354 g/mol. The number of nitrogens with zero attached hydrogens (tertiary/aromatic N) is 2. The Morgan fingerprint density at radius 2 is 1.93 bits per heavy atom. The molecule has 27 heavy (non-hydrogen) atoms. The highest BCUT2D eigenvalue weighted by Gasteiger charge is 2.35. The molecule has 132 valence electrons. The minimum Gasteiger partial charge on any atom is -0.384 e. The minimum atomic E-state index is -1.10. The number of H-pyrrole nitrogens is 1. The summed E-state index contributed by atoms with van der Waals surface area (Å²) >= 11 is 0. The number of hydrogen-bond acceptors (Lipinski definition) is 5. The first-order chi connectivity index (χ1) is 13.1. The number of fused-ring (bicyclic) bond motifs is 2. The number of amidine groups is 1. The zero-order valence-corrected chi connectivity index (χ0v) is 14.5. The summed E-state index contributed by atoms with van der Waals surface area (Å²) in [7, 11) is 0. The Labute approximate surface area is 155 Å². The van der Waals surface area contributed by atoms with Crippen molar-refractivity contribution in [2.75, 3.05) is 0 Å². The molecule has 1 aliphatic heterocycles. The third kappa shape index (κ3) is 2.38. The number of nitrogens with two attached hydrogens (primary N) is 2. The van der Waals surface area contributed by atoms with Gasteiger partial charge >= 0.3 is 0 Å². The Bertz CT molecular complexity index is 1230. The number of nitrogens with one attached hydrogen (secondary N) is 2. The van der Waals surface area contributed by atoms with Crippen LogP contribution in [0.25, 0.3) is 27.5 Å². The van der Waals surface area contributed by atoms with Gasteiger partial charge in [0.1, 0.15) is 5.84 Å². The Kier molecular flexibility index (Phi) is 3.29. The van der Waals surface area contributed by atoms with Crippen molar-refractivity contribution in [2.24, 2.45) is 16.5 Å². The van der Waals surface area contributed by atoms with Crippen LogP contribution in [-0.4, -0.2) is 15.8 Å². The number of aromatic nitrogens is 2. The number of aliphatic imine (C=N–C) groups is 1. The van der Waals surface area contributed by atoms with Crippen molar-refractivity contribution >= 4 is 33.3 Å². The number of pyridine rings is 1. The van der Waals surface area contributed by atoms with E-state index < -0.39 is 5.66 Å². The first-order valence-electron chi connectivity index (χ1n) is 8.68. The summed E-state index contributed by atoms with van der Waals surface area (Å²) in [4.78, 5) is 12.0. The maximum absolute atomic E-state index is 6.72. The van der Waals surface area contributed by atoms with Crippen molar-refractivity contribution in [3.63, 3.8) is 0 Å². The lowest BCUT2D eigenvalue weighted by Gasteiger charge is -2.35. The van der Waals surface area contributed by atoms with Gasteiger partial charge in [-0.3, -0.25) is 10.7 Å². The fourth-order valence-electron chi connectivity index (χ4n) is 3.54. The molecule has 2 aromatic carbocycles. The summed E-state index contributed by atoms with van der Waals surface area (Å²) in [6, 6.07) is 17.9. The van der Waals surface area contributed by atoms with E-state index in [2.05, 4.69) is 20.3 Å². The molecule has 0 saturated carbocycles. The van der Waals surface area contributed by atoms with Crippen molar-refractivity contribution in [2.45, 2.75) is 5.66 Å². The molecule has 1 aliphatic rings. The first kappa shape index (κ1) is 15.6. The monoisotopic (exact) mass is 354 g/mol. The quantitative estimate of drug-likeness (QED) is 0.444. The van der Waals surface area contributed by atoms with Gasteiger partial charge in [0.05, 0.1) is 17.4 Å². The van der Waals surface area contributed by atoms with Gasteiger partial charge in [-0.05, 0) is 35.7 Å². The molecule has 4 aromatic rings. The fourth-order valence-corrected chi connectivity index (χ4v) is 3.54. The SMILES string of the molecule is NC1=NC=C(c2cccc3ncccc23)NC1(N)c1ccc2[nH]ccc2c1. The van der Waals surface area contributed by atoms with Crippen LogP contribution in [0.5, 0.6) is 0 Å². The topological polar surface area (TPSA) is 105 Å². The average Bonchev–Trinajstić information content (AvgIpc) is 3.17. The Balaban J connectivity index is 1.62. The molecule has 5 rings (SSSR count). The lowest BCUT2D eigenvalue weighted by atomic mass is 9.94. The first-order valence-corrected chi connectivity index (χ1v) is 8.68. The molecular weight excluding hydrogens is 336 g/mol. The van der Waals surface area contributed by atoms with Crippen LogP contribution in [0.1, 0.15) is 11.1 Å². The second kappa shape index (κ2) is 5.69. The maximum Gasteiger partial charge on any atom is 0.171 e. The van der Waals surface area contributed by atoms with E-state index in [1.807, 2.05) is 60.8 Å². The molecule has 0 saturated heterocycles. The fraction of sp³-hybridized carbons (Fsp3) is 0.0476. The Hall–Kier alpha value is -3.64. The zero-order valence-electron chi connectivity index (χ0n) is 14.5. The van der Waals surface area contributed by atoms with Crippen molar-refractivity contribution in [1.82, 2.24) is 15.3 Å². The predicted octanol–water partition coefficient (Wildman–Crippen LogP) is 2.79. The second-order valence-corrected chi connectivity index (χ2v) is 6.65. The molecule has 1 unspecified atom stereocenters. The molecule has 6 N–H and O–H groups in total. The Morgan fingerprint density at radius 1 is 1.00 bits per heavy atom. The van der Waals surface area contributed by atoms with E-state index >= 15 is 0 Å². The summed E-state index contributed by atoms with van der Waals surface area (Å²) in [6.45, 7) is 0. The molecule has 6 nitrogen and oxygen atoms in total. The van der Waals surface area contributed by atoms with Gasteiger partial charge in [-0.25, -0.2) is 4.99 Å². The zero-order chi connectivity index (χ0) is 18.4. The van der Waals surface area contributed by atoms with Crippen molar-refractivity contribution in [1.29, 1.82) is 0 Å². The molecule has 2 aromatic heterocycles. The molecule has 0 bridgehead atoms. The van der Waals surface area contributed by atoms with E-state index in [0.29, 0.717) is 5.84 Å². The second-order valence-electron chi connectivity index (χ2n) is 6.65. The smallest absolute Gasteiger partial charge is 0.171 e. The van der Waals surface area contributed by atoms with Crippen LogP contribution in [0.2, 0.25) is 0 Å². The summed E-state index contributed by atoms with van der Waals surface area (Å²) in [5.74, 6) is 0.319. The van der Waals surface area contributed by atoms with Crippen LogP contribution >= 0.6 is 0 Å². The molecule has 3 heterocycles. The largest absolute Gasteiger partial charge is 0.384 e. The molecule has 1 atom stereocenters. The van der Waals surface area contributed by atoms with Crippen molar-refractivity contribution < 1.29 is 0 Å². The van der Waals surface area contributed by atoms with Gasteiger partial charge in [0, 0.05) is 34.4 Å². The van der Waals surface area contributed by atoms with Crippen molar-refractivity contribution in [3.8, 4) is 0 Å². The van der Waals surface area contributed by atoms with E-state index in [4.69, 9.17) is 11.5 Å². The van der Waals surface area contributed by atoms with Crippen LogP contribution in [0.3, 0.4) is 0 Å². The van der Waals surface area contributed by atoms with E-state index in [9.17, 15) is 0 Å². The minimum absolute atomic E-state index is 0.319.